The second kappa shape index (κ2) is 11.3. The van der Waals surface area contributed by atoms with Gasteiger partial charge in [-0.25, -0.2) is 8.42 Å². The van der Waals surface area contributed by atoms with E-state index in [2.05, 4.69) is 4.72 Å². The van der Waals surface area contributed by atoms with E-state index in [9.17, 15) is 18.0 Å². The number of carboxylic acids is 1. The van der Waals surface area contributed by atoms with Crippen LogP contribution in [0.25, 0.3) is 0 Å². The maximum absolute atomic E-state index is 12.8. The molecule has 0 radical (unpaired) electrons. The highest BCUT2D eigenvalue weighted by Crippen LogP contribution is 2.23. The fraction of sp³-hybridized carbons (Fsp3) is 0.455. The number of ether oxygens (including phenoxy) is 1. The lowest BCUT2D eigenvalue weighted by Crippen LogP contribution is -2.45. The summed E-state index contributed by atoms with van der Waals surface area (Å²) in [5.41, 5.74) is -0.772. The third-order valence-electron chi connectivity index (χ3n) is 4.30. The first-order chi connectivity index (χ1) is 14.9. The number of benzene rings is 1. The van der Waals surface area contributed by atoms with Crippen LogP contribution >= 0.6 is 22.9 Å². The Labute approximate surface area is 197 Å². The zero-order valence-electron chi connectivity index (χ0n) is 18.3. The Morgan fingerprint density at radius 2 is 1.72 bits per heavy atom. The Hall–Kier alpha value is -1.94. The predicted octanol–water partition coefficient (Wildman–Crippen LogP) is 4.43. The molecule has 2 aromatic rings. The van der Waals surface area contributed by atoms with Crippen molar-refractivity contribution in [3.63, 3.8) is 0 Å². The van der Waals surface area contributed by atoms with Crippen LogP contribution < -0.4 is 4.72 Å². The maximum atomic E-state index is 12.8. The highest BCUT2D eigenvalue weighted by atomic mass is 35.5. The van der Waals surface area contributed by atoms with E-state index in [1.165, 1.54) is 35.6 Å². The van der Waals surface area contributed by atoms with Gasteiger partial charge in [0.1, 0.15) is 11.6 Å². The van der Waals surface area contributed by atoms with Gasteiger partial charge in [-0.05, 0) is 76.4 Å². The molecule has 1 heterocycles. The Morgan fingerprint density at radius 1 is 1.09 bits per heavy atom. The van der Waals surface area contributed by atoms with Gasteiger partial charge in [0, 0.05) is 27.6 Å². The minimum Gasteiger partial charge on any atom is -0.481 e. The van der Waals surface area contributed by atoms with E-state index in [0.29, 0.717) is 11.4 Å². The van der Waals surface area contributed by atoms with Crippen molar-refractivity contribution in [2.45, 2.75) is 69.4 Å². The minimum atomic E-state index is -3.98. The van der Waals surface area contributed by atoms with Gasteiger partial charge in [0.05, 0.1) is 4.90 Å². The molecule has 1 unspecified atom stereocenters. The number of rotatable bonds is 11. The first-order valence-electron chi connectivity index (χ1n) is 10.2. The monoisotopic (exact) mass is 501 g/mol. The molecule has 0 aliphatic rings. The van der Waals surface area contributed by atoms with Crippen molar-refractivity contribution in [1.82, 2.24) is 4.72 Å². The molecule has 0 fully saturated rings. The first-order valence-corrected chi connectivity index (χ1v) is 12.8. The van der Waals surface area contributed by atoms with Gasteiger partial charge in [0.25, 0.3) is 0 Å². The Morgan fingerprint density at radius 3 is 2.31 bits per heavy atom. The van der Waals surface area contributed by atoms with Crippen LogP contribution in [0, 0.1) is 0 Å². The van der Waals surface area contributed by atoms with Gasteiger partial charge in [-0.2, -0.15) is 4.72 Å². The number of aliphatic carboxylic acids is 1. The van der Waals surface area contributed by atoms with Gasteiger partial charge in [-0.3, -0.25) is 9.59 Å². The van der Waals surface area contributed by atoms with Crippen LogP contribution in [0.2, 0.25) is 5.02 Å². The molecule has 0 spiro atoms. The molecule has 1 atom stereocenters. The molecule has 0 amide bonds. The third-order valence-corrected chi connectivity index (χ3v) is 7.21. The number of carboxylic acid groups (broad SMARTS) is 1. The van der Waals surface area contributed by atoms with E-state index in [0.717, 1.165) is 22.6 Å². The van der Waals surface area contributed by atoms with Crippen molar-refractivity contribution in [3.05, 3.63) is 51.2 Å². The van der Waals surface area contributed by atoms with Crippen LogP contribution in [-0.2, 0) is 37.2 Å². The van der Waals surface area contributed by atoms with E-state index in [-0.39, 0.29) is 17.7 Å². The molecule has 1 aromatic carbocycles. The van der Waals surface area contributed by atoms with E-state index in [1.807, 2.05) is 12.1 Å². The number of nitrogens with one attached hydrogen (secondary N) is 1. The fourth-order valence-corrected chi connectivity index (χ4v) is 5.27. The summed E-state index contributed by atoms with van der Waals surface area (Å²) >= 11 is 7.32. The van der Waals surface area contributed by atoms with Crippen LogP contribution in [-0.4, -0.2) is 37.1 Å². The van der Waals surface area contributed by atoms with Crippen molar-refractivity contribution in [1.29, 1.82) is 0 Å². The Kier molecular flexibility index (Phi) is 9.27. The van der Waals surface area contributed by atoms with Crippen LogP contribution in [0.3, 0.4) is 0 Å². The van der Waals surface area contributed by atoms with E-state index >= 15 is 0 Å². The molecule has 7 nitrogen and oxygen atoms in total. The smallest absolute Gasteiger partial charge is 0.325 e. The number of hydrogen-bond acceptors (Lipinski definition) is 6. The summed E-state index contributed by atoms with van der Waals surface area (Å²) in [5, 5.41) is 9.14. The van der Waals surface area contributed by atoms with Gasteiger partial charge in [0.15, 0.2) is 0 Å². The van der Waals surface area contributed by atoms with Gasteiger partial charge in [-0.1, -0.05) is 11.6 Å². The molecular formula is C22H28ClNO6S2. The van der Waals surface area contributed by atoms with Gasteiger partial charge < -0.3 is 9.84 Å². The van der Waals surface area contributed by atoms with Crippen LogP contribution in [0.1, 0.15) is 49.8 Å². The predicted molar refractivity (Wildman–Crippen MR) is 125 cm³/mol. The van der Waals surface area contributed by atoms with Crippen molar-refractivity contribution in [3.8, 4) is 0 Å². The summed E-state index contributed by atoms with van der Waals surface area (Å²) < 4.78 is 33.6. The van der Waals surface area contributed by atoms with Crippen LogP contribution in [0.4, 0.5) is 0 Å². The summed E-state index contributed by atoms with van der Waals surface area (Å²) in [4.78, 5) is 25.3. The summed E-state index contributed by atoms with van der Waals surface area (Å²) in [7, 11) is -3.98. The number of thiophene rings is 1. The molecule has 2 rings (SSSR count). The lowest BCUT2D eigenvalue weighted by molar-refractivity contribution is -0.156. The summed E-state index contributed by atoms with van der Waals surface area (Å²) in [6.07, 6.45) is 2.33. The molecule has 0 bridgehead atoms. The Bertz CT molecular complexity index is 1030. The molecule has 2 N–H and O–H groups in total. The van der Waals surface area contributed by atoms with Crippen molar-refractivity contribution < 1.29 is 27.9 Å². The number of esters is 1. The summed E-state index contributed by atoms with van der Waals surface area (Å²) in [6, 6.07) is 8.34. The van der Waals surface area contributed by atoms with Crippen LogP contribution in [0.5, 0.6) is 0 Å². The van der Waals surface area contributed by atoms with E-state index in [4.69, 9.17) is 21.4 Å². The maximum Gasteiger partial charge on any atom is 0.325 e. The summed E-state index contributed by atoms with van der Waals surface area (Å²) in [5.74, 6) is -1.48. The van der Waals surface area contributed by atoms with Crippen molar-refractivity contribution in [2.75, 3.05) is 0 Å². The zero-order valence-corrected chi connectivity index (χ0v) is 20.6. The molecule has 32 heavy (non-hydrogen) atoms. The standard InChI is InChI=1S/C22H28ClNO6S2/c1-22(2,3)30-21(27)19(24-32(28,29)18-12-8-15(23)9-13-18)14-17-11-10-16(31-17)6-4-5-7-20(25)26/h8-13,19,24H,4-7,14H2,1-3H3,(H,25,26). The fourth-order valence-electron chi connectivity index (χ4n) is 2.86. The number of carbonyl (C=O) groups is 2. The molecule has 176 valence electrons. The van der Waals surface area contributed by atoms with Gasteiger partial charge >= 0.3 is 11.9 Å². The van der Waals surface area contributed by atoms with Crippen LogP contribution in [0.15, 0.2) is 41.3 Å². The molecule has 0 saturated heterocycles. The number of sulfonamides is 1. The highest BCUT2D eigenvalue weighted by Gasteiger charge is 2.30. The topological polar surface area (TPSA) is 110 Å². The highest BCUT2D eigenvalue weighted by molar-refractivity contribution is 7.89. The number of hydrogen-bond donors (Lipinski definition) is 2. The van der Waals surface area contributed by atoms with E-state index < -0.39 is 33.6 Å². The molecular weight excluding hydrogens is 474 g/mol. The van der Waals surface area contributed by atoms with Crippen molar-refractivity contribution in [2.24, 2.45) is 0 Å². The lowest BCUT2D eigenvalue weighted by Gasteiger charge is -2.24. The number of halogens is 1. The second-order valence-corrected chi connectivity index (χ2v) is 11.7. The minimum absolute atomic E-state index is 0.000702. The first kappa shape index (κ1) is 26.3. The van der Waals surface area contributed by atoms with Crippen molar-refractivity contribution >= 4 is 44.9 Å². The normalized spacial score (nSPS) is 13.0. The quantitative estimate of drug-likeness (QED) is 0.348. The summed E-state index contributed by atoms with van der Waals surface area (Å²) in [6.45, 7) is 5.15. The SMILES string of the molecule is CC(C)(C)OC(=O)C(Cc1ccc(CCCCC(=O)O)s1)NS(=O)(=O)c1ccc(Cl)cc1. The second-order valence-electron chi connectivity index (χ2n) is 8.33. The molecule has 0 saturated carbocycles. The number of aryl methyl sites for hydroxylation is 1. The lowest BCUT2D eigenvalue weighted by atomic mass is 10.1. The molecule has 0 aliphatic heterocycles. The average molecular weight is 502 g/mol. The molecule has 0 aliphatic carbocycles. The number of unbranched alkanes of at least 4 members (excludes halogenated alkanes) is 1. The average Bonchev–Trinajstić information content (AvgIpc) is 3.11. The molecule has 10 heteroatoms. The molecule has 1 aromatic heterocycles. The number of carbonyl (C=O) groups excluding carboxylic acids is 1. The Balaban J connectivity index is 2.14. The van der Waals surface area contributed by atoms with E-state index in [1.54, 1.807) is 20.8 Å². The zero-order chi connectivity index (χ0) is 23.9. The largest absolute Gasteiger partial charge is 0.481 e. The van der Waals surface area contributed by atoms with Gasteiger partial charge in [0.2, 0.25) is 10.0 Å². The van der Waals surface area contributed by atoms with Gasteiger partial charge in [-0.15, -0.1) is 11.3 Å². The third kappa shape index (κ3) is 8.90.